The highest BCUT2D eigenvalue weighted by Crippen LogP contribution is 2.37. The van der Waals surface area contributed by atoms with Gasteiger partial charge in [-0.15, -0.1) is 0 Å². The lowest BCUT2D eigenvalue weighted by Crippen LogP contribution is -2.51. The maximum absolute atomic E-state index is 14.4. The molecule has 4 saturated heterocycles. The number of amides is 6. The minimum Gasteiger partial charge on any atom is -0.390 e. The van der Waals surface area contributed by atoms with E-state index in [-0.39, 0.29) is 36.0 Å². The molecule has 0 spiro atoms. The first-order valence-corrected chi connectivity index (χ1v) is 25.4. The third kappa shape index (κ3) is 10.5. The zero-order chi connectivity index (χ0) is 50.0. The number of rotatable bonds is 11. The second-order valence-electron chi connectivity index (χ2n) is 20.5. The summed E-state index contributed by atoms with van der Waals surface area (Å²) in [5, 5.41) is 26.9. The van der Waals surface area contributed by atoms with Crippen LogP contribution in [0, 0.1) is 0 Å². The third-order valence-corrected chi connectivity index (χ3v) is 15.2. The lowest BCUT2D eigenvalue weighted by Gasteiger charge is -2.37. The molecule has 4 fully saturated rings. The Morgan fingerprint density at radius 2 is 0.875 bits per heavy atom. The number of hydrogen-bond acceptors (Lipinski definition) is 8. The van der Waals surface area contributed by atoms with Crippen molar-refractivity contribution < 1.29 is 29.4 Å². The van der Waals surface area contributed by atoms with E-state index in [1.807, 2.05) is 82.9 Å². The number of aliphatic hydroxyl groups is 2. The lowest BCUT2D eigenvalue weighted by atomic mass is 9.94. The fourth-order valence-electron chi connectivity index (χ4n) is 10.6. The largest absolute Gasteiger partial charge is 0.390 e. The van der Waals surface area contributed by atoms with E-state index in [1.54, 1.807) is 23.6 Å². The van der Waals surface area contributed by atoms with Gasteiger partial charge in [0.15, 0.2) is 0 Å². The molecule has 72 heavy (non-hydrogen) atoms. The van der Waals surface area contributed by atoms with E-state index in [4.69, 9.17) is 9.97 Å². The van der Waals surface area contributed by atoms with Crippen molar-refractivity contribution in [3.63, 3.8) is 0 Å². The van der Waals surface area contributed by atoms with Crippen molar-refractivity contribution in [3.05, 3.63) is 144 Å². The Hall–Kier alpha value is -7.30. The average molecular weight is 973 g/mol. The summed E-state index contributed by atoms with van der Waals surface area (Å²) in [4.78, 5) is 79.4. The van der Waals surface area contributed by atoms with Crippen molar-refractivity contribution in [2.24, 2.45) is 0 Å². The van der Waals surface area contributed by atoms with E-state index in [0.29, 0.717) is 87.7 Å². The molecule has 0 radical (unpaired) electrons. The number of piperidine rings is 2. The Bertz CT molecular complexity index is 2650. The fraction of sp³-hybridized carbons (Fsp3) is 0.393. The van der Waals surface area contributed by atoms with E-state index in [9.17, 15) is 29.4 Å². The summed E-state index contributed by atoms with van der Waals surface area (Å²) in [5.41, 5.74) is 5.49. The number of nitrogens with one attached hydrogen (secondary N) is 4. The van der Waals surface area contributed by atoms with Crippen LogP contribution in [0.4, 0.5) is 9.59 Å². The average Bonchev–Trinajstić information content (AvgIpc) is 4.26. The number of aromatic amines is 2. The monoisotopic (exact) mass is 973 g/mol. The molecule has 16 heteroatoms. The maximum atomic E-state index is 14.4. The van der Waals surface area contributed by atoms with Crippen molar-refractivity contribution in [2.75, 3.05) is 39.3 Å². The Balaban J connectivity index is 0.782. The number of hydrogen-bond donors (Lipinski definition) is 6. The van der Waals surface area contributed by atoms with Crippen LogP contribution in [-0.2, 0) is 9.59 Å². The van der Waals surface area contributed by atoms with E-state index in [0.717, 1.165) is 59.3 Å². The molecular weight excluding hydrogens is 909 g/mol. The molecule has 4 aliphatic heterocycles. The second kappa shape index (κ2) is 20.4. The van der Waals surface area contributed by atoms with Gasteiger partial charge >= 0.3 is 12.1 Å². The minimum atomic E-state index is -0.872. The number of imidazole rings is 2. The van der Waals surface area contributed by atoms with Gasteiger partial charge in [-0.2, -0.15) is 0 Å². The molecule has 16 nitrogen and oxygen atoms in total. The van der Waals surface area contributed by atoms with Crippen molar-refractivity contribution in [3.8, 4) is 33.6 Å². The molecule has 374 valence electrons. The van der Waals surface area contributed by atoms with Crippen LogP contribution in [-0.4, -0.2) is 124 Å². The van der Waals surface area contributed by atoms with Crippen LogP contribution in [0.2, 0.25) is 0 Å². The lowest BCUT2D eigenvalue weighted by molar-refractivity contribution is -0.135. The highest BCUT2D eigenvalue weighted by atomic mass is 16.3. The highest BCUT2D eigenvalue weighted by Gasteiger charge is 2.40. The van der Waals surface area contributed by atoms with Gasteiger partial charge < -0.3 is 50.4 Å². The molecular formula is C56H64N10O6. The first kappa shape index (κ1) is 48.3. The number of benzene rings is 4. The van der Waals surface area contributed by atoms with Crippen LogP contribution in [0.1, 0.15) is 112 Å². The molecule has 6 amide bonds. The molecule has 4 atom stereocenters. The molecule has 6 heterocycles. The smallest absolute Gasteiger partial charge is 0.318 e. The van der Waals surface area contributed by atoms with Gasteiger partial charge in [0.2, 0.25) is 11.8 Å². The van der Waals surface area contributed by atoms with Crippen LogP contribution in [0.5, 0.6) is 0 Å². The van der Waals surface area contributed by atoms with Crippen molar-refractivity contribution in [1.29, 1.82) is 0 Å². The zero-order valence-electron chi connectivity index (χ0n) is 41.0. The van der Waals surface area contributed by atoms with Gasteiger partial charge in [0.25, 0.3) is 0 Å². The van der Waals surface area contributed by atoms with Gasteiger partial charge in [0.05, 0.1) is 47.1 Å². The molecule has 6 aromatic rings. The Labute approximate surface area is 419 Å². The van der Waals surface area contributed by atoms with Gasteiger partial charge in [0, 0.05) is 39.3 Å². The predicted molar refractivity (Wildman–Crippen MR) is 273 cm³/mol. The molecule has 4 aliphatic rings. The molecule has 0 aliphatic carbocycles. The summed E-state index contributed by atoms with van der Waals surface area (Å²) < 4.78 is 0. The van der Waals surface area contributed by atoms with Crippen LogP contribution < -0.4 is 10.6 Å². The normalized spacial score (nSPS) is 20.5. The van der Waals surface area contributed by atoms with Crippen LogP contribution in [0.15, 0.2) is 122 Å². The number of urea groups is 2. The topological polar surface area (TPSA) is 203 Å². The van der Waals surface area contributed by atoms with Crippen molar-refractivity contribution in [1.82, 2.24) is 50.2 Å². The van der Waals surface area contributed by atoms with E-state index in [2.05, 4.69) is 69.1 Å². The molecule has 4 aromatic carbocycles. The Morgan fingerprint density at radius 1 is 0.528 bits per heavy atom. The summed E-state index contributed by atoms with van der Waals surface area (Å²) in [5.74, 6) is 1.03. The Morgan fingerprint density at radius 3 is 1.24 bits per heavy atom. The van der Waals surface area contributed by atoms with E-state index < -0.39 is 23.3 Å². The van der Waals surface area contributed by atoms with E-state index >= 15 is 0 Å². The number of H-pyrrole nitrogens is 2. The van der Waals surface area contributed by atoms with Crippen LogP contribution in [0.25, 0.3) is 33.6 Å². The number of nitrogens with zero attached hydrogens (tertiary/aromatic N) is 6. The predicted octanol–water partition coefficient (Wildman–Crippen LogP) is 8.06. The number of carbonyl (C=O) groups is 4. The van der Waals surface area contributed by atoms with Gasteiger partial charge in [-0.1, -0.05) is 109 Å². The second-order valence-corrected chi connectivity index (χ2v) is 20.5. The molecule has 0 saturated carbocycles. The molecule has 6 N–H and O–H groups in total. The quantitative estimate of drug-likeness (QED) is 0.0748. The first-order valence-electron chi connectivity index (χ1n) is 25.4. The minimum absolute atomic E-state index is 0.183. The zero-order valence-corrected chi connectivity index (χ0v) is 41.0. The molecule has 0 bridgehead atoms. The summed E-state index contributed by atoms with van der Waals surface area (Å²) in [6.07, 6.45) is 8.64. The van der Waals surface area contributed by atoms with Gasteiger partial charge in [-0.25, -0.2) is 19.6 Å². The standard InChI is InChI=1S/C56H64N10O6/c1-55(71)25-31-63(32-26-55)53(69)61-47(41-11-5-3-6-12-41)51(67)65-29-9-15-45(65)49-57-35-43(59-49)39-21-17-37(18-22-39)38-19-23-40(24-20-38)44-36-58-50(60-44)46-16-10-30-66(46)52(68)48(42-13-7-4-8-14-42)62-54(70)64-33-27-56(2,72)28-34-64/h3-8,11-14,17-24,35-36,45-48,71-72H,9-10,15-16,25-34H2,1-2H3,(H,57,59)(H,58,60)(H,61,69)(H,62,70)/t45-,46-,47+,48+/m0/s1. The molecule has 10 rings (SSSR count). The molecule has 2 aromatic heterocycles. The first-order chi connectivity index (χ1) is 34.8. The van der Waals surface area contributed by atoms with E-state index in [1.165, 1.54) is 0 Å². The van der Waals surface area contributed by atoms with Crippen molar-refractivity contribution >= 4 is 23.9 Å². The third-order valence-electron chi connectivity index (χ3n) is 15.2. The van der Waals surface area contributed by atoms with Gasteiger partial charge in [0.1, 0.15) is 23.7 Å². The van der Waals surface area contributed by atoms with Crippen LogP contribution >= 0.6 is 0 Å². The van der Waals surface area contributed by atoms with Crippen LogP contribution in [0.3, 0.4) is 0 Å². The SMILES string of the molecule is CC1(O)CCN(C(=O)N[C@@H](C(=O)N2CCC[C@H]2c2ncc(-c3ccc(-c4ccc(-c5cnc([C@@H]6CCCN6C(=O)[C@H](NC(=O)N6CCC(C)(O)CC6)c6ccccc6)[nH]5)cc4)cc3)[nH]2)c2ccccc2)CC1. The summed E-state index contributed by atoms with van der Waals surface area (Å²) >= 11 is 0. The summed E-state index contributed by atoms with van der Waals surface area (Å²) in [6.45, 7) is 6.33. The number of likely N-dealkylation sites (tertiary alicyclic amines) is 4. The van der Waals surface area contributed by atoms with Gasteiger partial charge in [-0.3, -0.25) is 9.59 Å². The maximum Gasteiger partial charge on any atom is 0.318 e. The number of aromatic nitrogens is 4. The number of carbonyl (C=O) groups excluding carboxylic acids is 4. The fourth-order valence-corrected chi connectivity index (χ4v) is 10.6. The Kier molecular flexibility index (Phi) is 13.7. The summed E-state index contributed by atoms with van der Waals surface area (Å²) in [7, 11) is 0. The highest BCUT2D eigenvalue weighted by molar-refractivity contribution is 5.90. The van der Waals surface area contributed by atoms with Crippen molar-refractivity contribution in [2.45, 2.75) is 101 Å². The summed E-state index contributed by atoms with van der Waals surface area (Å²) in [6, 6.07) is 32.3. The van der Waals surface area contributed by atoms with Gasteiger partial charge in [-0.05, 0) is 98.6 Å². The molecule has 0 unspecified atom stereocenters.